The van der Waals surface area contributed by atoms with Crippen LogP contribution >= 0.6 is 11.6 Å². The van der Waals surface area contributed by atoms with E-state index in [1.165, 1.54) is 18.2 Å². The number of nitrogens with one attached hydrogen (secondary N) is 2. The van der Waals surface area contributed by atoms with Crippen LogP contribution in [-0.2, 0) is 9.53 Å². The Balaban J connectivity index is 0.964. The summed E-state index contributed by atoms with van der Waals surface area (Å²) in [6.45, 7) is 1.23. The largest absolute Gasteiger partial charge is 0.484 e. The van der Waals surface area contributed by atoms with Gasteiger partial charge in [-0.1, -0.05) is 11.6 Å². The fourth-order valence-electron chi connectivity index (χ4n) is 4.20. The number of carbonyl (C=O) groups is 1. The van der Waals surface area contributed by atoms with E-state index in [9.17, 15) is 9.18 Å². The van der Waals surface area contributed by atoms with Gasteiger partial charge < -0.3 is 20.1 Å². The van der Waals surface area contributed by atoms with Crippen molar-refractivity contribution < 1.29 is 18.7 Å². The topological polar surface area (TPSA) is 90.3 Å². The van der Waals surface area contributed by atoms with E-state index in [0.29, 0.717) is 12.6 Å². The first-order chi connectivity index (χ1) is 14.5. The lowest BCUT2D eigenvalue weighted by atomic mass is 9.90. The minimum Gasteiger partial charge on any atom is -0.484 e. The first kappa shape index (κ1) is 19.7. The molecule has 1 aromatic carbocycles. The summed E-state index contributed by atoms with van der Waals surface area (Å²) in [5.74, 6) is -0.506. The Labute approximate surface area is 178 Å². The molecule has 30 heavy (non-hydrogen) atoms. The van der Waals surface area contributed by atoms with E-state index in [4.69, 9.17) is 21.1 Å². The van der Waals surface area contributed by atoms with Gasteiger partial charge in [0.15, 0.2) is 6.61 Å². The summed E-state index contributed by atoms with van der Waals surface area (Å²) in [4.78, 5) is 13.9. The molecule has 0 bridgehead atoms. The van der Waals surface area contributed by atoms with Crippen LogP contribution in [0.3, 0.4) is 0 Å². The molecule has 3 saturated carbocycles. The lowest BCUT2D eigenvalue weighted by Crippen LogP contribution is -2.38. The number of ether oxygens (including phenoxy) is 2. The molecule has 3 fully saturated rings. The van der Waals surface area contributed by atoms with Gasteiger partial charge in [-0.2, -0.15) is 15.0 Å². The lowest BCUT2D eigenvalue weighted by Gasteiger charge is -2.34. The van der Waals surface area contributed by atoms with Gasteiger partial charge in [0.1, 0.15) is 11.6 Å². The van der Waals surface area contributed by atoms with Gasteiger partial charge in [0.25, 0.3) is 5.91 Å². The van der Waals surface area contributed by atoms with E-state index >= 15 is 0 Å². The molecule has 0 spiro atoms. The molecule has 5 rings (SSSR count). The van der Waals surface area contributed by atoms with Gasteiger partial charge >= 0.3 is 0 Å². The maximum atomic E-state index is 13.4. The number of nitrogens with zero attached hydrogens (tertiary/aromatic N) is 3. The van der Waals surface area contributed by atoms with Crippen molar-refractivity contribution in [3.05, 3.63) is 41.4 Å². The van der Waals surface area contributed by atoms with Crippen molar-refractivity contribution in [3.63, 3.8) is 0 Å². The van der Waals surface area contributed by atoms with Crippen molar-refractivity contribution in [1.82, 2.24) is 25.6 Å². The molecule has 2 N–H and O–H groups in total. The summed E-state index contributed by atoms with van der Waals surface area (Å²) < 4.78 is 24.6. The quantitative estimate of drug-likeness (QED) is 0.554. The van der Waals surface area contributed by atoms with Crippen molar-refractivity contribution in [2.75, 3.05) is 19.8 Å². The average Bonchev–Trinajstić information content (AvgIpc) is 3.32. The van der Waals surface area contributed by atoms with Gasteiger partial charge in [-0.15, -0.1) is 0 Å². The van der Waals surface area contributed by atoms with Gasteiger partial charge in [-0.25, -0.2) is 4.39 Å². The molecule has 0 atom stereocenters. The molecule has 10 heteroatoms. The summed E-state index contributed by atoms with van der Waals surface area (Å²) in [6, 6.07) is 4.45. The van der Waals surface area contributed by atoms with Gasteiger partial charge in [0.2, 0.25) is 0 Å². The molecular formula is C20H23ClFN5O3. The third-order valence-corrected chi connectivity index (χ3v) is 6.57. The molecular weight excluding hydrogens is 413 g/mol. The zero-order chi connectivity index (χ0) is 20.8. The number of fused-ring (bicyclic) bond motifs is 1. The molecule has 3 aliphatic carbocycles. The van der Waals surface area contributed by atoms with Gasteiger partial charge in [-0.05, 0) is 37.8 Å². The molecule has 3 aliphatic rings. The van der Waals surface area contributed by atoms with Crippen molar-refractivity contribution in [1.29, 1.82) is 0 Å². The molecule has 1 aromatic heterocycles. The van der Waals surface area contributed by atoms with Crippen LogP contribution in [0.2, 0.25) is 5.02 Å². The summed E-state index contributed by atoms with van der Waals surface area (Å²) in [7, 11) is 0. The first-order valence-electron chi connectivity index (χ1n) is 10.1. The Kier molecular flexibility index (Phi) is 4.91. The van der Waals surface area contributed by atoms with E-state index in [1.807, 2.05) is 0 Å². The summed E-state index contributed by atoms with van der Waals surface area (Å²) in [5, 5.41) is 14.9. The SMILES string of the molecule is O=C(COc1ccc(Cl)c(F)c1)NC12CC1(NCCOC1CC(n3nccn3)C1)C2. The minimum atomic E-state index is -0.571. The number of amides is 1. The predicted octanol–water partition coefficient (Wildman–Crippen LogP) is 1.86. The molecule has 8 nitrogen and oxygen atoms in total. The second kappa shape index (κ2) is 7.47. The number of carbonyl (C=O) groups excluding carboxylic acids is 1. The number of halogens is 2. The minimum absolute atomic E-state index is 0.000467. The highest BCUT2D eigenvalue weighted by atomic mass is 35.5. The zero-order valence-corrected chi connectivity index (χ0v) is 17.1. The van der Waals surface area contributed by atoms with E-state index in [0.717, 1.165) is 32.2 Å². The monoisotopic (exact) mass is 435 g/mol. The van der Waals surface area contributed by atoms with Crippen LogP contribution in [0, 0.1) is 5.82 Å². The normalized spacial score (nSPS) is 30.9. The number of aromatic nitrogens is 3. The fourth-order valence-corrected chi connectivity index (χ4v) is 4.32. The van der Waals surface area contributed by atoms with Crippen molar-refractivity contribution in [3.8, 4) is 5.75 Å². The van der Waals surface area contributed by atoms with Crippen LogP contribution in [0.1, 0.15) is 31.7 Å². The Morgan fingerprint density at radius 2 is 2.03 bits per heavy atom. The third kappa shape index (κ3) is 3.77. The standard InChI is InChI=1S/C20H23ClFN5O3/c21-16-2-1-14(9-17(16)22)30-10-18(28)26-20-11-19(20,12-20)23-5-6-29-15-7-13(8-15)27-24-3-4-25-27/h1-4,9,13,15,23H,5-8,10-12H2,(H,26,28). The average molecular weight is 436 g/mol. The van der Waals surface area contributed by atoms with Crippen LogP contribution in [0.5, 0.6) is 5.75 Å². The zero-order valence-electron chi connectivity index (χ0n) is 16.3. The van der Waals surface area contributed by atoms with Crippen molar-refractivity contribution >= 4 is 17.5 Å². The molecule has 0 unspecified atom stereocenters. The number of hydrogen-bond acceptors (Lipinski definition) is 6. The molecule has 0 saturated heterocycles. The second-order valence-electron chi connectivity index (χ2n) is 8.32. The second-order valence-corrected chi connectivity index (χ2v) is 8.73. The fraction of sp³-hybridized carbons (Fsp3) is 0.550. The van der Waals surface area contributed by atoms with Crippen molar-refractivity contribution in [2.45, 2.75) is 48.9 Å². The molecule has 1 heterocycles. The van der Waals surface area contributed by atoms with Gasteiger partial charge in [-0.3, -0.25) is 4.79 Å². The van der Waals surface area contributed by atoms with Crippen LogP contribution in [0.25, 0.3) is 0 Å². The Morgan fingerprint density at radius 1 is 1.27 bits per heavy atom. The Bertz CT molecular complexity index is 929. The van der Waals surface area contributed by atoms with Gasteiger partial charge in [0.05, 0.1) is 41.7 Å². The maximum absolute atomic E-state index is 13.4. The number of benzene rings is 1. The van der Waals surface area contributed by atoms with Crippen molar-refractivity contribution in [2.24, 2.45) is 0 Å². The summed E-state index contributed by atoms with van der Waals surface area (Å²) >= 11 is 5.64. The third-order valence-electron chi connectivity index (χ3n) is 6.27. The lowest BCUT2D eigenvalue weighted by molar-refractivity contribution is -0.123. The van der Waals surface area contributed by atoms with E-state index in [1.54, 1.807) is 17.2 Å². The smallest absolute Gasteiger partial charge is 0.258 e. The Morgan fingerprint density at radius 3 is 2.77 bits per heavy atom. The van der Waals surface area contributed by atoms with Gasteiger partial charge in [0, 0.05) is 18.2 Å². The first-order valence-corrected chi connectivity index (χ1v) is 10.5. The Hall–Kier alpha value is -2.23. The maximum Gasteiger partial charge on any atom is 0.258 e. The van der Waals surface area contributed by atoms with E-state index in [2.05, 4.69) is 20.8 Å². The predicted molar refractivity (Wildman–Crippen MR) is 106 cm³/mol. The molecule has 160 valence electrons. The number of rotatable bonds is 10. The molecule has 1 amide bonds. The van der Waals surface area contributed by atoms with E-state index in [-0.39, 0.29) is 40.5 Å². The highest BCUT2D eigenvalue weighted by Crippen LogP contribution is 2.70. The summed E-state index contributed by atoms with van der Waals surface area (Å²) in [6.07, 6.45) is 7.36. The molecule has 2 aromatic rings. The van der Waals surface area contributed by atoms with Crippen LogP contribution in [0.4, 0.5) is 4.39 Å². The highest BCUT2D eigenvalue weighted by Gasteiger charge is 2.84. The summed E-state index contributed by atoms with van der Waals surface area (Å²) in [5.41, 5.74) is -0.161. The van der Waals surface area contributed by atoms with E-state index < -0.39 is 5.82 Å². The van der Waals surface area contributed by atoms with Crippen LogP contribution in [0.15, 0.2) is 30.6 Å². The van der Waals surface area contributed by atoms with Crippen LogP contribution < -0.4 is 15.4 Å². The molecule has 0 radical (unpaired) electrons. The molecule has 0 aliphatic heterocycles. The highest BCUT2D eigenvalue weighted by molar-refractivity contribution is 6.30. The van der Waals surface area contributed by atoms with Crippen LogP contribution in [-0.4, -0.2) is 57.8 Å². The number of hydrogen-bond donors (Lipinski definition) is 2.